The van der Waals surface area contributed by atoms with E-state index in [9.17, 15) is 5.11 Å². The number of H-pyrrole nitrogens is 1. The van der Waals surface area contributed by atoms with Gasteiger partial charge in [-0.1, -0.05) is 27.7 Å². The predicted octanol–water partition coefficient (Wildman–Crippen LogP) is 8.45. The van der Waals surface area contributed by atoms with Crippen LogP contribution in [-0.2, 0) is 22.9 Å². The van der Waals surface area contributed by atoms with E-state index < -0.39 is 0 Å². The fourth-order valence-corrected chi connectivity index (χ4v) is 6.21. The van der Waals surface area contributed by atoms with Crippen LogP contribution in [0.1, 0.15) is 90.2 Å². The summed E-state index contributed by atoms with van der Waals surface area (Å²) in [5.41, 5.74) is 17.8. The second-order valence-electron chi connectivity index (χ2n) is 10.3. The van der Waals surface area contributed by atoms with Gasteiger partial charge in [0.05, 0.1) is 46.1 Å². The van der Waals surface area contributed by atoms with Gasteiger partial charge in [0.15, 0.2) is 0 Å². The topological polar surface area (TPSA) is 73.1 Å². The van der Waals surface area contributed by atoms with Crippen LogP contribution in [0.15, 0.2) is 83.4 Å². The summed E-state index contributed by atoms with van der Waals surface area (Å²) in [6.45, 7) is 17.3. The number of aliphatic hydroxyl groups excluding tert-OH is 1. The monoisotopic (exact) mass is 564 g/mol. The first-order chi connectivity index (χ1) is 18.3. The first kappa shape index (κ1) is 28.8. The van der Waals surface area contributed by atoms with E-state index in [-0.39, 0.29) is 16.5 Å². The SMILES string of the molecule is CCC1=C(C)C2=NC1=Cc1[nH]c(c(CC)c1C)C=C1N=C(C=C3N=C(C(CC)=C3C)/C2=C\O)C(CC)=C1C.[Ni]. The van der Waals surface area contributed by atoms with Crippen molar-refractivity contribution in [1.29, 1.82) is 0 Å². The third-order valence-electron chi connectivity index (χ3n) is 8.43. The number of aliphatic hydroxyl groups is 1. The summed E-state index contributed by atoms with van der Waals surface area (Å²) >= 11 is 0. The molecular weight excluding hydrogens is 527 g/mol. The second kappa shape index (κ2) is 11.1. The van der Waals surface area contributed by atoms with E-state index >= 15 is 0 Å². The number of hydrogen-bond donors (Lipinski definition) is 2. The van der Waals surface area contributed by atoms with Gasteiger partial charge in [-0.25, -0.2) is 15.0 Å². The molecule has 5 rings (SSSR count). The van der Waals surface area contributed by atoms with E-state index in [1.165, 1.54) is 34.1 Å². The third kappa shape index (κ3) is 4.53. The first-order valence-electron chi connectivity index (χ1n) is 13.9. The molecule has 1 aromatic heterocycles. The van der Waals surface area contributed by atoms with Crippen LogP contribution in [0.5, 0.6) is 0 Å². The van der Waals surface area contributed by atoms with Crippen LogP contribution in [0, 0.1) is 6.92 Å². The molecule has 0 saturated heterocycles. The van der Waals surface area contributed by atoms with Crippen LogP contribution in [0.4, 0.5) is 0 Å². The van der Waals surface area contributed by atoms with Crippen LogP contribution < -0.4 is 0 Å². The van der Waals surface area contributed by atoms with Gasteiger partial charge in [0.2, 0.25) is 0 Å². The molecule has 6 heteroatoms. The molecule has 0 amide bonds. The van der Waals surface area contributed by atoms with Gasteiger partial charge < -0.3 is 10.1 Å². The maximum absolute atomic E-state index is 10.6. The van der Waals surface area contributed by atoms with Gasteiger partial charge in [-0.15, -0.1) is 0 Å². The Labute approximate surface area is 242 Å². The van der Waals surface area contributed by atoms with E-state index in [0.29, 0.717) is 5.57 Å². The summed E-state index contributed by atoms with van der Waals surface area (Å²) < 4.78 is 0. The number of aromatic nitrogens is 1. The molecule has 0 aliphatic carbocycles. The zero-order valence-corrected chi connectivity index (χ0v) is 25.2. The molecule has 1 aromatic rings. The van der Waals surface area contributed by atoms with Gasteiger partial charge in [-0.3, -0.25) is 0 Å². The number of aromatic amines is 1. The number of hydrogen-bond acceptors (Lipinski definition) is 4. The summed E-state index contributed by atoms with van der Waals surface area (Å²) in [4.78, 5) is 19.0. The minimum absolute atomic E-state index is 0. The van der Waals surface area contributed by atoms with Crippen molar-refractivity contribution in [2.75, 3.05) is 0 Å². The summed E-state index contributed by atoms with van der Waals surface area (Å²) in [7, 11) is 0. The molecule has 5 nitrogen and oxygen atoms in total. The summed E-state index contributed by atoms with van der Waals surface area (Å²) in [5.74, 6) is 0. The summed E-state index contributed by atoms with van der Waals surface area (Å²) in [5, 5.41) is 10.6. The summed E-state index contributed by atoms with van der Waals surface area (Å²) in [6.07, 6.45) is 11.2. The Kier molecular flexibility index (Phi) is 8.18. The molecule has 206 valence electrons. The average Bonchev–Trinajstić information content (AvgIpc) is 3.57. The van der Waals surface area contributed by atoms with Crippen molar-refractivity contribution in [1.82, 2.24) is 4.98 Å². The zero-order chi connectivity index (χ0) is 27.3. The van der Waals surface area contributed by atoms with Crippen molar-refractivity contribution < 1.29 is 21.6 Å². The molecule has 0 saturated carbocycles. The van der Waals surface area contributed by atoms with Gasteiger partial charge in [0.25, 0.3) is 0 Å². The van der Waals surface area contributed by atoms with Crippen molar-refractivity contribution >= 4 is 29.3 Å². The van der Waals surface area contributed by atoms with Crippen LogP contribution in [0.25, 0.3) is 12.2 Å². The number of fused-ring (bicyclic) bond motifs is 5. The van der Waals surface area contributed by atoms with Gasteiger partial charge >= 0.3 is 0 Å². The van der Waals surface area contributed by atoms with Crippen molar-refractivity contribution in [3.05, 3.63) is 91.0 Å². The molecule has 0 spiro atoms. The van der Waals surface area contributed by atoms with E-state index in [2.05, 4.69) is 78.6 Å². The van der Waals surface area contributed by atoms with E-state index in [0.717, 1.165) is 88.0 Å². The Morgan fingerprint density at radius 1 is 0.667 bits per heavy atom. The Hall–Kier alpha value is -3.24. The maximum atomic E-state index is 10.6. The van der Waals surface area contributed by atoms with Gasteiger partial charge in [0, 0.05) is 27.9 Å². The van der Waals surface area contributed by atoms with Crippen LogP contribution in [-0.4, -0.2) is 27.2 Å². The number of nitrogens with zero attached hydrogens (tertiary/aromatic N) is 3. The van der Waals surface area contributed by atoms with E-state index in [1.807, 2.05) is 0 Å². The number of allylic oxidation sites excluding steroid dienone is 8. The number of nitrogens with one attached hydrogen (secondary N) is 1. The van der Waals surface area contributed by atoms with Crippen molar-refractivity contribution in [2.24, 2.45) is 15.0 Å². The second-order valence-corrected chi connectivity index (χ2v) is 10.3. The Morgan fingerprint density at radius 2 is 1.26 bits per heavy atom. The molecule has 39 heavy (non-hydrogen) atoms. The Balaban J connectivity index is 0.00000353. The van der Waals surface area contributed by atoms with Crippen molar-refractivity contribution in [3.63, 3.8) is 0 Å². The third-order valence-corrected chi connectivity index (χ3v) is 8.43. The smallest absolute Gasteiger partial charge is 0.0907 e. The van der Waals surface area contributed by atoms with Gasteiger partial charge in [0.1, 0.15) is 0 Å². The molecule has 0 atom stereocenters. The molecule has 2 N–H and O–H groups in total. The zero-order valence-electron chi connectivity index (χ0n) is 24.2. The normalized spacial score (nSPS) is 19.7. The first-order valence-corrected chi connectivity index (χ1v) is 13.9. The quantitative estimate of drug-likeness (QED) is 0.279. The van der Waals surface area contributed by atoms with Crippen molar-refractivity contribution in [3.8, 4) is 0 Å². The molecule has 5 heterocycles. The fraction of sp³-hybridized carbons (Fsp3) is 0.364. The molecule has 4 aliphatic heterocycles. The number of rotatable bonds is 4. The Morgan fingerprint density at radius 3 is 1.87 bits per heavy atom. The molecule has 0 fully saturated rings. The predicted molar refractivity (Wildman–Crippen MR) is 161 cm³/mol. The number of aliphatic imine (C=N–C) groups is 3. The minimum Gasteiger partial charge on any atom is -0.515 e. The van der Waals surface area contributed by atoms with Crippen LogP contribution >= 0.6 is 0 Å². The molecule has 0 radical (unpaired) electrons. The standard InChI is InChI=1S/C33H38N4O.Ni/c1-9-21-18(6)27-14-31-23(11-3)20(8)32(37-31)25(16-38)33-24(12-4)19(7)28(36-33)15-30-22(10-2)17(5)26(34-30)13-29(21)35-27;/h13-16,35,38H,9-12H2,1-8H3;/b25-16-,26-13?,28-15?,31-14?;. The van der Waals surface area contributed by atoms with Gasteiger partial charge in [-0.2, -0.15) is 0 Å². The fourth-order valence-electron chi connectivity index (χ4n) is 6.21. The molecule has 8 bridgehead atoms. The van der Waals surface area contributed by atoms with Gasteiger partial charge in [-0.05, 0) is 116 Å². The average molecular weight is 565 g/mol. The van der Waals surface area contributed by atoms with Crippen LogP contribution in [0.3, 0.4) is 0 Å². The molecule has 4 aliphatic rings. The maximum Gasteiger partial charge on any atom is 0.0907 e. The Bertz CT molecular complexity index is 1570. The van der Waals surface area contributed by atoms with E-state index in [4.69, 9.17) is 15.0 Å². The molecule has 0 unspecified atom stereocenters. The molecular formula is C33H38N4NiO. The van der Waals surface area contributed by atoms with E-state index in [1.54, 1.807) is 0 Å². The van der Waals surface area contributed by atoms with Crippen molar-refractivity contribution in [2.45, 2.75) is 81.1 Å². The largest absolute Gasteiger partial charge is 0.515 e. The van der Waals surface area contributed by atoms with Crippen LogP contribution in [0.2, 0.25) is 0 Å². The minimum atomic E-state index is 0. The molecule has 0 aromatic carbocycles. The summed E-state index contributed by atoms with van der Waals surface area (Å²) in [6, 6.07) is 0.